The Morgan fingerprint density at radius 3 is 2.46 bits per heavy atom. The number of benzene rings is 1. The molecule has 0 spiro atoms. The molecule has 148 valence electrons. The fourth-order valence-electron chi connectivity index (χ4n) is 2.12. The van der Waals surface area contributed by atoms with Crippen LogP contribution >= 0.6 is 0 Å². The van der Waals surface area contributed by atoms with Crippen molar-refractivity contribution in [1.29, 1.82) is 0 Å². The predicted octanol–water partition coefficient (Wildman–Crippen LogP) is 1.86. The van der Waals surface area contributed by atoms with Crippen LogP contribution in [0.25, 0.3) is 0 Å². The Hall–Kier alpha value is -1.80. The van der Waals surface area contributed by atoms with Gasteiger partial charge in [-0.25, -0.2) is 18.1 Å². The van der Waals surface area contributed by atoms with Crippen LogP contribution in [0.15, 0.2) is 29.3 Å². The molecule has 3 N–H and O–H groups in total. The van der Waals surface area contributed by atoms with Gasteiger partial charge in [0, 0.05) is 25.2 Å². The molecule has 0 unspecified atom stereocenters. The summed E-state index contributed by atoms with van der Waals surface area (Å²) in [6, 6.07) is 7.88. The highest BCUT2D eigenvalue weighted by Crippen LogP contribution is 2.23. The van der Waals surface area contributed by atoms with E-state index in [4.69, 9.17) is 4.74 Å². The van der Waals surface area contributed by atoms with Gasteiger partial charge in [-0.05, 0) is 40.2 Å². The summed E-state index contributed by atoms with van der Waals surface area (Å²) in [6.07, 6.45) is 1.82. The van der Waals surface area contributed by atoms with Crippen LogP contribution in [0, 0.1) is 0 Å². The quantitative estimate of drug-likeness (QED) is 0.343. The SMILES string of the molecule is CCNC(=NCc1ccccc1OC(C)(C)C)NCCCNS(C)(=O)=O. The van der Waals surface area contributed by atoms with Crippen LogP contribution in [-0.2, 0) is 16.6 Å². The first-order valence-electron chi connectivity index (χ1n) is 8.84. The molecule has 0 aromatic heterocycles. The molecule has 7 nitrogen and oxygen atoms in total. The molecule has 0 aliphatic carbocycles. The summed E-state index contributed by atoms with van der Waals surface area (Å²) in [4.78, 5) is 4.60. The van der Waals surface area contributed by atoms with E-state index in [-0.39, 0.29) is 5.60 Å². The molecular formula is C18H32N4O3S. The fraction of sp³-hybridized carbons (Fsp3) is 0.611. The standard InChI is InChI=1S/C18H32N4O3S/c1-6-19-17(20-12-9-13-22-26(5,23)24)21-14-15-10-7-8-11-16(15)25-18(2,3)4/h7-8,10-11,22H,6,9,12-14H2,1-5H3,(H2,19,20,21). The van der Waals surface area contributed by atoms with Crippen LogP contribution in [0.2, 0.25) is 0 Å². The minimum Gasteiger partial charge on any atom is -0.488 e. The van der Waals surface area contributed by atoms with Gasteiger partial charge in [0.1, 0.15) is 11.4 Å². The van der Waals surface area contributed by atoms with Crippen molar-refractivity contribution >= 4 is 16.0 Å². The molecule has 8 heteroatoms. The van der Waals surface area contributed by atoms with Crippen molar-refractivity contribution in [2.45, 2.75) is 46.3 Å². The number of ether oxygens (including phenoxy) is 1. The van der Waals surface area contributed by atoms with E-state index in [1.807, 2.05) is 52.0 Å². The van der Waals surface area contributed by atoms with Gasteiger partial charge in [-0.1, -0.05) is 18.2 Å². The summed E-state index contributed by atoms with van der Waals surface area (Å²) in [5.74, 6) is 1.52. The predicted molar refractivity (Wildman–Crippen MR) is 107 cm³/mol. The van der Waals surface area contributed by atoms with Crippen molar-refractivity contribution in [3.63, 3.8) is 0 Å². The largest absolute Gasteiger partial charge is 0.488 e. The lowest BCUT2D eigenvalue weighted by molar-refractivity contribution is 0.129. The minimum atomic E-state index is -3.14. The smallest absolute Gasteiger partial charge is 0.208 e. The molecule has 0 heterocycles. The molecular weight excluding hydrogens is 352 g/mol. The highest BCUT2D eigenvalue weighted by Gasteiger charge is 2.14. The van der Waals surface area contributed by atoms with E-state index < -0.39 is 10.0 Å². The van der Waals surface area contributed by atoms with Gasteiger partial charge in [-0.3, -0.25) is 0 Å². The number of sulfonamides is 1. The number of hydrogen-bond donors (Lipinski definition) is 3. The van der Waals surface area contributed by atoms with Crippen molar-refractivity contribution in [2.24, 2.45) is 4.99 Å². The number of aliphatic imine (C=N–C) groups is 1. The number of guanidine groups is 1. The third-order valence-corrected chi connectivity index (χ3v) is 3.88. The number of nitrogens with one attached hydrogen (secondary N) is 3. The summed E-state index contributed by atoms with van der Waals surface area (Å²) in [5.41, 5.74) is 0.744. The molecule has 0 aliphatic rings. The number of nitrogens with zero attached hydrogens (tertiary/aromatic N) is 1. The van der Waals surface area contributed by atoms with E-state index in [1.165, 1.54) is 0 Å². The molecule has 0 saturated heterocycles. The van der Waals surface area contributed by atoms with E-state index in [0.29, 0.717) is 32.0 Å². The average molecular weight is 385 g/mol. The fourth-order valence-corrected chi connectivity index (χ4v) is 2.64. The van der Waals surface area contributed by atoms with Crippen LogP contribution in [-0.4, -0.2) is 45.9 Å². The summed E-state index contributed by atoms with van der Waals surface area (Å²) in [6.45, 7) is 10.3. The zero-order valence-electron chi connectivity index (χ0n) is 16.4. The summed E-state index contributed by atoms with van der Waals surface area (Å²) in [5, 5.41) is 6.40. The van der Waals surface area contributed by atoms with Gasteiger partial charge in [0.15, 0.2) is 5.96 Å². The molecule has 1 aromatic rings. The zero-order chi connectivity index (χ0) is 19.6. The second-order valence-corrected chi connectivity index (χ2v) is 8.80. The van der Waals surface area contributed by atoms with Gasteiger partial charge < -0.3 is 15.4 Å². The first-order valence-corrected chi connectivity index (χ1v) is 10.7. The number of para-hydroxylation sites is 1. The second-order valence-electron chi connectivity index (χ2n) is 6.96. The van der Waals surface area contributed by atoms with Crippen LogP contribution in [0.4, 0.5) is 0 Å². The Morgan fingerprint density at radius 1 is 1.15 bits per heavy atom. The highest BCUT2D eigenvalue weighted by molar-refractivity contribution is 7.88. The Balaban J connectivity index is 2.63. The molecule has 0 atom stereocenters. The van der Waals surface area contributed by atoms with Gasteiger partial charge in [0.2, 0.25) is 10.0 Å². The van der Waals surface area contributed by atoms with Crippen molar-refractivity contribution in [3.05, 3.63) is 29.8 Å². The number of rotatable bonds is 9. The molecule has 26 heavy (non-hydrogen) atoms. The second kappa shape index (κ2) is 10.4. The first kappa shape index (κ1) is 22.2. The van der Waals surface area contributed by atoms with Crippen molar-refractivity contribution < 1.29 is 13.2 Å². The third kappa shape index (κ3) is 10.2. The maximum atomic E-state index is 11.0. The van der Waals surface area contributed by atoms with Crippen molar-refractivity contribution in [2.75, 3.05) is 25.9 Å². The molecule has 0 fully saturated rings. The molecule has 0 saturated carbocycles. The van der Waals surface area contributed by atoms with Crippen molar-refractivity contribution in [3.8, 4) is 5.75 Å². The van der Waals surface area contributed by atoms with Crippen LogP contribution in [0.5, 0.6) is 5.75 Å². The van der Waals surface area contributed by atoms with Gasteiger partial charge in [-0.15, -0.1) is 0 Å². The van der Waals surface area contributed by atoms with Crippen molar-refractivity contribution in [1.82, 2.24) is 15.4 Å². The van der Waals surface area contributed by atoms with E-state index in [1.54, 1.807) is 0 Å². The lowest BCUT2D eigenvalue weighted by Crippen LogP contribution is -2.38. The van der Waals surface area contributed by atoms with E-state index in [9.17, 15) is 8.42 Å². The summed E-state index contributed by atoms with van der Waals surface area (Å²) >= 11 is 0. The van der Waals surface area contributed by atoms with Gasteiger partial charge in [0.25, 0.3) is 0 Å². The Labute approximate surface area is 157 Å². The monoisotopic (exact) mass is 384 g/mol. The molecule has 1 rings (SSSR count). The minimum absolute atomic E-state index is 0.269. The Bertz CT molecular complexity index is 682. The Kier molecular flexibility index (Phi) is 8.87. The average Bonchev–Trinajstić information content (AvgIpc) is 2.51. The van der Waals surface area contributed by atoms with Gasteiger partial charge >= 0.3 is 0 Å². The molecule has 0 bridgehead atoms. The molecule has 1 aromatic carbocycles. The Morgan fingerprint density at radius 2 is 1.85 bits per heavy atom. The highest BCUT2D eigenvalue weighted by atomic mass is 32.2. The lowest BCUT2D eigenvalue weighted by atomic mass is 10.1. The molecule has 0 aliphatic heterocycles. The first-order chi connectivity index (χ1) is 12.1. The normalized spacial score (nSPS) is 12.7. The van der Waals surface area contributed by atoms with Gasteiger partial charge in [-0.2, -0.15) is 0 Å². The summed E-state index contributed by atoms with van der Waals surface area (Å²) < 4.78 is 30.5. The van der Waals surface area contributed by atoms with E-state index in [2.05, 4.69) is 20.3 Å². The van der Waals surface area contributed by atoms with Crippen LogP contribution < -0.4 is 20.1 Å². The third-order valence-electron chi connectivity index (χ3n) is 3.15. The van der Waals surface area contributed by atoms with Crippen LogP contribution in [0.3, 0.4) is 0 Å². The zero-order valence-corrected chi connectivity index (χ0v) is 17.2. The molecule has 0 radical (unpaired) electrons. The lowest BCUT2D eigenvalue weighted by Gasteiger charge is -2.23. The van der Waals surface area contributed by atoms with E-state index in [0.717, 1.165) is 24.1 Å². The molecule has 0 amide bonds. The van der Waals surface area contributed by atoms with Crippen LogP contribution in [0.1, 0.15) is 39.7 Å². The van der Waals surface area contributed by atoms with E-state index >= 15 is 0 Å². The number of hydrogen-bond acceptors (Lipinski definition) is 4. The topological polar surface area (TPSA) is 91.8 Å². The maximum absolute atomic E-state index is 11.0. The summed E-state index contributed by atoms with van der Waals surface area (Å²) in [7, 11) is -3.14. The van der Waals surface area contributed by atoms with Gasteiger partial charge in [0.05, 0.1) is 12.8 Å². The maximum Gasteiger partial charge on any atom is 0.208 e.